The van der Waals surface area contributed by atoms with Crippen LogP contribution in [0.1, 0.15) is 12.5 Å². The van der Waals surface area contributed by atoms with Gasteiger partial charge in [0.1, 0.15) is 0 Å². The van der Waals surface area contributed by atoms with Gasteiger partial charge in [0.2, 0.25) is 5.91 Å². The molecule has 0 radical (unpaired) electrons. The van der Waals surface area contributed by atoms with Gasteiger partial charge < -0.3 is 10.2 Å². The van der Waals surface area contributed by atoms with Crippen LogP contribution in [0.25, 0.3) is 5.69 Å². The molecule has 5 nitrogen and oxygen atoms in total. The molecule has 106 valence electrons. The van der Waals surface area contributed by atoms with Crippen molar-refractivity contribution in [2.24, 2.45) is 0 Å². The van der Waals surface area contributed by atoms with E-state index in [-0.39, 0.29) is 11.9 Å². The third-order valence-corrected chi connectivity index (χ3v) is 3.08. The van der Waals surface area contributed by atoms with Gasteiger partial charge in [0.25, 0.3) is 0 Å². The molecule has 20 heavy (non-hydrogen) atoms. The number of hydrogen-bond acceptors (Lipinski definition) is 3. The van der Waals surface area contributed by atoms with E-state index in [2.05, 4.69) is 10.4 Å². The summed E-state index contributed by atoms with van der Waals surface area (Å²) in [5, 5.41) is 7.53. The van der Waals surface area contributed by atoms with Crippen molar-refractivity contribution in [3.63, 3.8) is 0 Å². The molecule has 0 aliphatic heterocycles. The lowest BCUT2D eigenvalue weighted by Crippen LogP contribution is -2.41. The van der Waals surface area contributed by atoms with Crippen molar-refractivity contribution < 1.29 is 4.79 Å². The van der Waals surface area contributed by atoms with Gasteiger partial charge >= 0.3 is 0 Å². The quantitative estimate of drug-likeness (QED) is 0.896. The first-order valence-corrected chi connectivity index (χ1v) is 6.61. The maximum absolute atomic E-state index is 11.7. The SMILES string of the molecule is CC(NCc1cnn(-c2ccccc2)c1)C(=O)N(C)C. The molecule has 0 spiro atoms. The van der Waals surface area contributed by atoms with Crippen molar-refractivity contribution in [2.75, 3.05) is 14.1 Å². The minimum absolute atomic E-state index is 0.0699. The van der Waals surface area contributed by atoms with E-state index in [1.54, 1.807) is 19.0 Å². The number of aromatic nitrogens is 2. The van der Waals surface area contributed by atoms with Gasteiger partial charge in [-0.15, -0.1) is 0 Å². The number of amides is 1. The number of carbonyl (C=O) groups is 1. The number of likely N-dealkylation sites (N-methyl/N-ethyl adjacent to an activating group) is 1. The Morgan fingerprint density at radius 3 is 2.70 bits per heavy atom. The van der Waals surface area contributed by atoms with Crippen LogP contribution in [0.2, 0.25) is 0 Å². The predicted molar refractivity (Wildman–Crippen MR) is 78.6 cm³/mol. The number of para-hydroxylation sites is 1. The molecule has 1 atom stereocenters. The van der Waals surface area contributed by atoms with Gasteiger partial charge in [-0.05, 0) is 19.1 Å². The standard InChI is InChI=1S/C15H20N4O/c1-12(15(20)18(2)3)16-9-13-10-17-19(11-13)14-7-5-4-6-8-14/h4-8,10-12,16H,9H2,1-3H3. The lowest BCUT2D eigenvalue weighted by molar-refractivity contribution is -0.130. The van der Waals surface area contributed by atoms with Crippen molar-refractivity contribution in [3.05, 3.63) is 48.3 Å². The highest BCUT2D eigenvalue weighted by molar-refractivity contribution is 5.80. The van der Waals surface area contributed by atoms with Gasteiger partial charge in [-0.25, -0.2) is 4.68 Å². The number of rotatable bonds is 5. The van der Waals surface area contributed by atoms with Gasteiger partial charge in [-0.3, -0.25) is 4.79 Å². The monoisotopic (exact) mass is 272 g/mol. The van der Waals surface area contributed by atoms with Crippen LogP contribution < -0.4 is 5.32 Å². The molecule has 0 aliphatic carbocycles. The van der Waals surface area contributed by atoms with E-state index in [0.717, 1.165) is 11.3 Å². The van der Waals surface area contributed by atoms with E-state index >= 15 is 0 Å². The summed E-state index contributed by atoms with van der Waals surface area (Å²) in [7, 11) is 3.52. The predicted octanol–water partition coefficient (Wildman–Crippen LogP) is 1.44. The van der Waals surface area contributed by atoms with E-state index in [4.69, 9.17) is 0 Å². The first-order chi connectivity index (χ1) is 9.58. The Labute approximate surface area is 119 Å². The molecular formula is C15H20N4O. The lowest BCUT2D eigenvalue weighted by atomic mass is 10.2. The zero-order chi connectivity index (χ0) is 14.5. The molecule has 2 rings (SSSR count). The fourth-order valence-electron chi connectivity index (χ4n) is 1.92. The highest BCUT2D eigenvalue weighted by atomic mass is 16.2. The molecule has 1 heterocycles. The summed E-state index contributed by atoms with van der Waals surface area (Å²) in [5.74, 6) is 0.0699. The average Bonchev–Trinajstić information content (AvgIpc) is 2.93. The van der Waals surface area contributed by atoms with Gasteiger partial charge in [0.15, 0.2) is 0 Å². The fourth-order valence-corrected chi connectivity index (χ4v) is 1.92. The van der Waals surface area contributed by atoms with E-state index in [9.17, 15) is 4.79 Å². The molecule has 1 amide bonds. The molecule has 0 bridgehead atoms. The first kappa shape index (κ1) is 14.3. The molecule has 1 N–H and O–H groups in total. The zero-order valence-electron chi connectivity index (χ0n) is 12.1. The number of carbonyl (C=O) groups excluding carboxylic acids is 1. The summed E-state index contributed by atoms with van der Waals surface area (Å²) in [5.41, 5.74) is 2.07. The number of benzene rings is 1. The van der Waals surface area contributed by atoms with Gasteiger partial charge in [0, 0.05) is 32.4 Å². The second kappa shape index (κ2) is 6.34. The van der Waals surface area contributed by atoms with Crippen molar-refractivity contribution in [1.29, 1.82) is 0 Å². The molecule has 5 heteroatoms. The lowest BCUT2D eigenvalue weighted by Gasteiger charge is -2.17. The van der Waals surface area contributed by atoms with Crippen LogP contribution >= 0.6 is 0 Å². The second-order valence-corrected chi connectivity index (χ2v) is 4.96. The molecule has 1 unspecified atom stereocenters. The highest BCUT2D eigenvalue weighted by Gasteiger charge is 2.14. The van der Waals surface area contributed by atoms with E-state index in [1.165, 1.54) is 0 Å². The Morgan fingerprint density at radius 1 is 1.35 bits per heavy atom. The summed E-state index contributed by atoms with van der Waals surface area (Å²) in [6.45, 7) is 2.48. The summed E-state index contributed by atoms with van der Waals surface area (Å²) in [6.07, 6.45) is 3.78. The molecule has 0 saturated heterocycles. The minimum Gasteiger partial charge on any atom is -0.347 e. The van der Waals surface area contributed by atoms with Crippen molar-refractivity contribution in [3.8, 4) is 5.69 Å². The van der Waals surface area contributed by atoms with Crippen LogP contribution in [0.3, 0.4) is 0 Å². The molecule has 0 saturated carbocycles. The van der Waals surface area contributed by atoms with Gasteiger partial charge in [-0.2, -0.15) is 5.10 Å². The van der Waals surface area contributed by atoms with Gasteiger partial charge in [-0.1, -0.05) is 18.2 Å². The fraction of sp³-hybridized carbons (Fsp3) is 0.333. The third-order valence-electron chi connectivity index (χ3n) is 3.08. The summed E-state index contributed by atoms with van der Waals surface area (Å²) >= 11 is 0. The number of nitrogens with zero attached hydrogens (tertiary/aromatic N) is 3. The van der Waals surface area contributed by atoms with Crippen molar-refractivity contribution >= 4 is 5.91 Å². The largest absolute Gasteiger partial charge is 0.347 e. The van der Waals surface area contributed by atoms with Crippen LogP contribution in [-0.2, 0) is 11.3 Å². The van der Waals surface area contributed by atoms with Crippen LogP contribution in [0.4, 0.5) is 0 Å². The van der Waals surface area contributed by atoms with Gasteiger partial charge in [0.05, 0.1) is 17.9 Å². The van der Waals surface area contributed by atoms with Crippen molar-refractivity contribution in [1.82, 2.24) is 20.0 Å². The normalized spacial score (nSPS) is 12.2. The first-order valence-electron chi connectivity index (χ1n) is 6.61. The smallest absolute Gasteiger partial charge is 0.238 e. The Kier molecular flexibility index (Phi) is 4.53. The Hall–Kier alpha value is -2.14. The summed E-state index contributed by atoms with van der Waals surface area (Å²) in [4.78, 5) is 13.3. The number of hydrogen-bond donors (Lipinski definition) is 1. The Balaban J connectivity index is 1.95. The summed E-state index contributed by atoms with van der Waals surface area (Å²) < 4.78 is 1.83. The van der Waals surface area contributed by atoms with Crippen LogP contribution in [0, 0.1) is 0 Å². The minimum atomic E-state index is -0.204. The third kappa shape index (κ3) is 3.45. The molecule has 1 aromatic carbocycles. The molecule has 0 aliphatic rings. The Bertz CT molecular complexity index is 562. The average molecular weight is 272 g/mol. The molecule has 2 aromatic rings. The van der Waals surface area contributed by atoms with Crippen LogP contribution in [0.15, 0.2) is 42.7 Å². The maximum atomic E-state index is 11.7. The number of nitrogens with one attached hydrogen (secondary N) is 1. The highest BCUT2D eigenvalue weighted by Crippen LogP contribution is 2.07. The van der Waals surface area contributed by atoms with Crippen molar-refractivity contribution in [2.45, 2.75) is 19.5 Å². The Morgan fingerprint density at radius 2 is 2.05 bits per heavy atom. The summed E-state index contributed by atoms with van der Waals surface area (Å²) in [6, 6.07) is 9.74. The molecule has 1 aromatic heterocycles. The van der Waals surface area contributed by atoms with E-state index < -0.39 is 0 Å². The maximum Gasteiger partial charge on any atom is 0.238 e. The zero-order valence-corrected chi connectivity index (χ0v) is 12.1. The topological polar surface area (TPSA) is 50.2 Å². The second-order valence-electron chi connectivity index (χ2n) is 4.96. The van der Waals surface area contributed by atoms with Crippen LogP contribution in [-0.4, -0.2) is 40.7 Å². The van der Waals surface area contributed by atoms with E-state index in [1.807, 2.05) is 54.3 Å². The van der Waals surface area contributed by atoms with E-state index in [0.29, 0.717) is 6.54 Å². The molecule has 0 fully saturated rings. The molecular weight excluding hydrogens is 252 g/mol. The van der Waals surface area contributed by atoms with Crippen LogP contribution in [0.5, 0.6) is 0 Å².